The second-order valence-corrected chi connectivity index (χ2v) is 7.39. The van der Waals surface area contributed by atoms with Crippen molar-refractivity contribution < 1.29 is 9.59 Å². The number of carbonyl (C=O) groups excluding carboxylic acids is 2. The normalized spacial score (nSPS) is 24.9. The molecule has 1 atom stereocenters. The van der Waals surface area contributed by atoms with Gasteiger partial charge in [0, 0.05) is 38.4 Å². The van der Waals surface area contributed by atoms with Crippen LogP contribution in [-0.4, -0.2) is 52.5 Å². The highest BCUT2D eigenvalue weighted by molar-refractivity contribution is 5.85. The number of rotatable bonds is 4. The zero-order valence-electron chi connectivity index (χ0n) is 14.7. The molecule has 0 radical (unpaired) electrons. The predicted octanol–water partition coefficient (Wildman–Crippen LogP) is 1.97. The molecule has 0 saturated carbocycles. The third kappa shape index (κ3) is 3.14. The molecule has 1 unspecified atom stereocenters. The Morgan fingerprint density at radius 2 is 1.86 bits per heavy atom. The molecule has 2 heterocycles. The molecule has 5 nitrogen and oxygen atoms in total. The van der Waals surface area contributed by atoms with Gasteiger partial charge in [0.2, 0.25) is 11.8 Å². The summed E-state index contributed by atoms with van der Waals surface area (Å²) in [6, 6.07) is 0.112. The first kappa shape index (κ1) is 17.3. The van der Waals surface area contributed by atoms with Crippen LogP contribution < -0.4 is 5.32 Å². The lowest BCUT2D eigenvalue weighted by Gasteiger charge is -2.46. The molecular formula is C17H31N3O2. The Labute approximate surface area is 134 Å². The third-order valence-electron chi connectivity index (χ3n) is 4.91. The van der Waals surface area contributed by atoms with E-state index in [1.165, 1.54) is 0 Å². The Balaban J connectivity index is 2.14. The summed E-state index contributed by atoms with van der Waals surface area (Å²) in [5.74, 6) is 0.945. The minimum atomic E-state index is -0.255. The second kappa shape index (κ2) is 6.57. The zero-order chi connectivity index (χ0) is 16.5. The van der Waals surface area contributed by atoms with Crippen LogP contribution in [0, 0.1) is 5.92 Å². The molecular weight excluding hydrogens is 278 g/mol. The van der Waals surface area contributed by atoms with Crippen LogP contribution in [0.4, 0.5) is 0 Å². The minimum Gasteiger partial charge on any atom is -0.342 e. The van der Waals surface area contributed by atoms with Gasteiger partial charge in [-0.15, -0.1) is 0 Å². The van der Waals surface area contributed by atoms with Crippen LogP contribution in [0.25, 0.3) is 0 Å². The van der Waals surface area contributed by atoms with Gasteiger partial charge in [-0.2, -0.15) is 0 Å². The smallest absolute Gasteiger partial charge is 0.241 e. The van der Waals surface area contributed by atoms with Crippen LogP contribution in [0.15, 0.2) is 0 Å². The highest BCUT2D eigenvalue weighted by Crippen LogP contribution is 2.35. The van der Waals surface area contributed by atoms with Crippen molar-refractivity contribution in [3.8, 4) is 0 Å². The summed E-state index contributed by atoms with van der Waals surface area (Å²) >= 11 is 0. The standard InChI is InChI=1S/C17H31N3O2/c1-6-15(21)19-9-7-17(8-10-19)18-14(11-12(2)3)16(22)20(17)13(4)5/h12-14,18H,6-11H2,1-5H3. The van der Waals surface area contributed by atoms with Crippen molar-refractivity contribution in [3.63, 3.8) is 0 Å². The van der Waals surface area contributed by atoms with Crippen LogP contribution >= 0.6 is 0 Å². The fourth-order valence-corrected chi connectivity index (χ4v) is 3.95. The number of piperidine rings is 1. The average molecular weight is 309 g/mol. The van der Waals surface area contributed by atoms with Gasteiger partial charge in [0.1, 0.15) is 0 Å². The quantitative estimate of drug-likeness (QED) is 0.864. The summed E-state index contributed by atoms with van der Waals surface area (Å²) in [5, 5.41) is 3.63. The third-order valence-corrected chi connectivity index (χ3v) is 4.91. The summed E-state index contributed by atoms with van der Waals surface area (Å²) in [7, 11) is 0. The van der Waals surface area contributed by atoms with E-state index in [-0.39, 0.29) is 29.6 Å². The Morgan fingerprint density at radius 1 is 1.27 bits per heavy atom. The number of likely N-dealkylation sites (tertiary alicyclic amines) is 1. The molecule has 2 rings (SSSR count). The lowest BCUT2D eigenvalue weighted by Crippen LogP contribution is -2.61. The zero-order valence-corrected chi connectivity index (χ0v) is 14.7. The second-order valence-electron chi connectivity index (χ2n) is 7.39. The molecule has 1 N–H and O–H groups in total. The van der Waals surface area contributed by atoms with Crippen LogP contribution in [0.1, 0.15) is 60.3 Å². The maximum Gasteiger partial charge on any atom is 0.241 e. The summed E-state index contributed by atoms with van der Waals surface area (Å²) in [6.07, 6.45) is 3.10. The highest BCUT2D eigenvalue weighted by atomic mass is 16.2. The van der Waals surface area contributed by atoms with Gasteiger partial charge >= 0.3 is 0 Å². The highest BCUT2D eigenvalue weighted by Gasteiger charge is 2.52. The Bertz CT molecular complexity index is 426. The molecule has 2 aliphatic rings. The molecule has 2 aliphatic heterocycles. The van der Waals surface area contributed by atoms with Gasteiger partial charge in [0.25, 0.3) is 0 Å². The maximum absolute atomic E-state index is 12.8. The largest absolute Gasteiger partial charge is 0.342 e. The van der Waals surface area contributed by atoms with Gasteiger partial charge < -0.3 is 9.80 Å². The fraction of sp³-hybridized carbons (Fsp3) is 0.882. The van der Waals surface area contributed by atoms with Gasteiger partial charge in [0.05, 0.1) is 11.7 Å². The van der Waals surface area contributed by atoms with Gasteiger partial charge in [0.15, 0.2) is 0 Å². The predicted molar refractivity (Wildman–Crippen MR) is 87.2 cm³/mol. The van der Waals surface area contributed by atoms with Crippen molar-refractivity contribution >= 4 is 11.8 Å². The SMILES string of the molecule is CCC(=O)N1CCC2(CC1)NC(CC(C)C)C(=O)N2C(C)C. The summed E-state index contributed by atoms with van der Waals surface area (Å²) < 4.78 is 0. The van der Waals surface area contributed by atoms with E-state index in [2.05, 4.69) is 33.0 Å². The fourth-order valence-electron chi connectivity index (χ4n) is 3.95. The van der Waals surface area contributed by atoms with Crippen LogP contribution in [0.5, 0.6) is 0 Å². The molecule has 0 aliphatic carbocycles. The average Bonchev–Trinajstić information content (AvgIpc) is 2.70. The summed E-state index contributed by atoms with van der Waals surface area (Å²) in [5.41, 5.74) is -0.255. The lowest BCUT2D eigenvalue weighted by atomic mass is 9.94. The van der Waals surface area contributed by atoms with E-state index in [0.29, 0.717) is 12.3 Å². The van der Waals surface area contributed by atoms with Gasteiger partial charge in [-0.3, -0.25) is 14.9 Å². The summed E-state index contributed by atoms with van der Waals surface area (Å²) in [4.78, 5) is 28.7. The molecule has 126 valence electrons. The Kier molecular flexibility index (Phi) is 5.15. The first-order chi connectivity index (χ1) is 10.3. The molecule has 0 aromatic rings. The molecule has 0 aromatic carbocycles. The van der Waals surface area contributed by atoms with E-state index in [4.69, 9.17) is 0 Å². The summed E-state index contributed by atoms with van der Waals surface area (Å²) in [6.45, 7) is 11.9. The van der Waals surface area contributed by atoms with Crippen molar-refractivity contribution in [2.45, 2.75) is 78.0 Å². The van der Waals surface area contributed by atoms with Gasteiger partial charge in [-0.1, -0.05) is 20.8 Å². The van der Waals surface area contributed by atoms with Crippen LogP contribution in [-0.2, 0) is 9.59 Å². The minimum absolute atomic E-state index is 0.0733. The first-order valence-corrected chi connectivity index (χ1v) is 8.69. The molecule has 1 spiro atoms. The van der Waals surface area contributed by atoms with Crippen molar-refractivity contribution in [3.05, 3.63) is 0 Å². The molecule has 2 fully saturated rings. The van der Waals surface area contributed by atoms with Crippen molar-refractivity contribution in [1.29, 1.82) is 0 Å². The van der Waals surface area contributed by atoms with E-state index in [1.807, 2.05) is 16.7 Å². The van der Waals surface area contributed by atoms with Crippen LogP contribution in [0.3, 0.4) is 0 Å². The van der Waals surface area contributed by atoms with Crippen molar-refractivity contribution in [1.82, 2.24) is 15.1 Å². The molecule has 22 heavy (non-hydrogen) atoms. The van der Waals surface area contributed by atoms with E-state index in [1.54, 1.807) is 0 Å². The number of nitrogens with zero attached hydrogens (tertiary/aromatic N) is 2. The van der Waals surface area contributed by atoms with E-state index in [0.717, 1.165) is 32.4 Å². The molecule has 2 amide bonds. The lowest BCUT2D eigenvalue weighted by molar-refractivity contribution is -0.138. The first-order valence-electron chi connectivity index (χ1n) is 8.69. The van der Waals surface area contributed by atoms with Crippen LogP contribution in [0.2, 0.25) is 0 Å². The Morgan fingerprint density at radius 3 is 2.32 bits per heavy atom. The molecule has 5 heteroatoms. The number of amides is 2. The molecule has 2 saturated heterocycles. The van der Waals surface area contributed by atoms with Gasteiger partial charge in [-0.25, -0.2) is 0 Å². The maximum atomic E-state index is 12.8. The van der Waals surface area contributed by atoms with E-state index >= 15 is 0 Å². The number of hydrogen-bond acceptors (Lipinski definition) is 3. The molecule has 0 bridgehead atoms. The van der Waals surface area contributed by atoms with Crippen molar-refractivity contribution in [2.24, 2.45) is 5.92 Å². The number of hydrogen-bond donors (Lipinski definition) is 1. The van der Waals surface area contributed by atoms with Crippen molar-refractivity contribution in [2.75, 3.05) is 13.1 Å². The van der Waals surface area contributed by atoms with E-state index < -0.39 is 0 Å². The monoisotopic (exact) mass is 309 g/mol. The van der Waals surface area contributed by atoms with E-state index in [9.17, 15) is 9.59 Å². The Hall–Kier alpha value is -1.10. The number of nitrogens with one attached hydrogen (secondary N) is 1. The molecule has 0 aromatic heterocycles. The topological polar surface area (TPSA) is 52.7 Å². The van der Waals surface area contributed by atoms with Gasteiger partial charge in [-0.05, 0) is 26.2 Å². The number of carbonyl (C=O) groups is 2.